The predicted octanol–water partition coefficient (Wildman–Crippen LogP) is 2.64. The first-order chi connectivity index (χ1) is 7.68. The van der Waals surface area contributed by atoms with Crippen molar-refractivity contribution in [2.45, 2.75) is 57.9 Å². The number of piperazine rings is 1. The Morgan fingerprint density at radius 3 is 2.62 bits per heavy atom. The van der Waals surface area contributed by atoms with Crippen molar-refractivity contribution >= 4 is 0 Å². The first-order valence-electron chi connectivity index (χ1n) is 7.14. The van der Waals surface area contributed by atoms with Crippen LogP contribution in [-0.4, -0.2) is 36.6 Å². The van der Waals surface area contributed by atoms with Gasteiger partial charge in [-0.15, -0.1) is 0 Å². The van der Waals surface area contributed by atoms with Crippen LogP contribution in [0.25, 0.3) is 0 Å². The number of rotatable bonds is 3. The molecule has 1 N–H and O–H groups in total. The summed E-state index contributed by atoms with van der Waals surface area (Å²) < 4.78 is 0. The largest absolute Gasteiger partial charge is 0.314 e. The molecular formula is C14H28N2. The molecule has 1 aliphatic heterocycles. The molecule has 0 amide bonds. The summed E-state index contributed by atoms with van der Waals surface area (Å²) in [5, 5.41) is 3.50. The van der Waals surface area contributed by atoms with Gasteiger partial charge in [-0.25, -0.2) is 0 Å². The van der Waals surface area contributed by atoms with Gasteiger partial charge in [0.2, 0.25) is 0 Å². The molecule has 16 heavy (non-hydrogen) atoms. The van der Waals surface area contributed by atoms with E-state index < -0.39 is 0 Å². The van der Waals surface area contributed by atoms with E-state index in [1.54, 1.807) is 0 Å². The van der Waals surface area contributed by atoms with Gasteiger partial charge in [0.05, 0.1) is 0 Å². The fourth-order valence-corrected chi connectivity index (χ4v) is 3.25. The summed E-state index contributed by atoms with van der Waals surface area (Å²) in [4.78, 5) is 2.69. The molecule has 2 rings (SSSR count). The first-order valence-corrected chi connectivity index (χ1v) is 7.14. The maximum Gasteiger partial charge on any atom is 0.0278 e. The van der Waals surface area contributed by atoms with E-state index in [4.69, 9.17) is 0 Å². The molecule has 2 fully saturated rings. The minimum Gasteiger partial charge on any atom is -0.314 e. The second kappa shape index (κ2) is 5.50. The van der Waals surface area contributed by atoms with Crippen molar-refractivity contribution in [2.24, 2.45) is 5.92 Å². The average molecular weight is 224 g/mol. The molecule has 0 aromatic carbocycles. The first kappa shape index (κ1) is 12.4. The van der Waals surface area contributed by atoms with E-state index in [9.17, 15) is 0 Å². The Morgan fingerprint density at radius 1 is 1.19 bits per heavy atom. The standard InChI is InChI=1S/C14H28N2/c1-14(2)12-15-9-11-16(14)10-8-13-6-4-3-5-7-13/h13,15H,3-12H2,1-2H3. The summed E-state index contributed by atoms with van der Waals surface area (Å²) in [6.45, 7) is 9.63. The van der Waals surface area contributed by atoms with E-state index in [1.165, 1.54) is 58.2 Å². The molecule has 1 saturated heterocycles. The van der Waals surface area contributed by atoms with E-state index in [2.05, 4.69) is 24.1 Å². The van der Waals surface area contributed by atoms with E-state index in [0.29, 0.717) is 5.54 Å². The Labute approximate surface area is 101 Å². The molecule has 1 saturated carbocycles. The van der Waals surface area contributed by atoms with Crippen molar-refractivity contribution in [2.75, 3.05) is 26.2 Å². The quantitative estimate of drug-likeness (QED) is 0.793. The highest BCUT2D eigenvalue weighted by atomic mass is 15.2. The zero-order valence-electron chi connectivity index (χ0n) is 11.1. The van der Waals surface area contributed by atoms with Crippen molar-refractivity contribution in [1.82, 2.24) is 10.2 Å². The molecule has 2 nitrogen and oxygen atoms in total. The second-order valence-electron chi connectivity index (χ2n) is 6.27. The third-order valence-electron chi connectivity index (χ3n) is 4.50. The van der Waals surface area contributed by atoms with Crippen molar-refractivity contribution < 1.29 is 0 Å². The van der Waals surface area contributed by atoms with Crippen LogP contribution < -0.4 is 5.32 Å². The molecule has 1 heterocycles. The van der Waals surface area contributed by atoms with Crippen LogP contribution in [0.15, 0.2) is 0 Å². The van der Waals surface area contributed by atoms with Crippen LogP contribution in [0.1, 0.15) is 52.4 Å². The SMILES string of the molecule is CC1(C)CNCCN1CCC1CCCCC1. The van der Waals surface area contributed by atoms with Gasteiger partial charge in [-0.05, 0) is 32.7 Å². The molecule has 1 aliphatic carbocycles. The van der Waals surface area contributed by atoms with Crippen molar-refractivity contribution in [3.8, 4) is 0 Å². The molecule has 2 heteroatoms. The molecule has 94 valence electrons. The van der Waals surface area contributed by atoms with Gasteiger partial charge in [0.25, 0.3) is 0 Å². The normalized spacial score (nSPS) is 28.1. The average Bonchev–Trinajstić information content (AvgIpc) is 2.28. The van der Waals surface area contributed by atoms with Crippen LogP contribution in [0.4, 0.5) is 0 Å². The topological polar surface area (TPSA) is 15.3 Å². The highest BCUT2D eigenvalue weighted by Crippen LogP contribution is 2.27. The summed E-state index contributed by atoms with van der Waals surface area (Å²) in [5.41, 5.74) is 0.368. The minimum atomic E-state index is 0.368. The lowest BCUT2D eigenvalue weighted by Crippen LogP contribution is -2.58. The summed E-state index contributed by atoms with van der Waals surface area (Å²) in [6.07, 6.45) is 8.86. The van der Waals surface area contributed by atoms with Gasteiger partial charge in [-0.1, -0.05) is 32.1 Å². The van der Waals surface area contributed by atoms with Gasteiger partial charge in [-0.2, -0.15) is 0 Å². The van der Waals surface area contributed by atoms with Gasteiger partial charge < -0.3 is 5.32 Å². The number of hydrogen-bond acceptors (Lipinski definition) is 2. The van der Waals surface area contributed by atoms with Crippen molar-refractivity contribution in [1.29, 1.82) is 0 Å². The molecule has 0 unspecified atom stereocenters. The van der Waals surface area contributed by atoms with Gasteiger partial charge in [0.1, 0.15) is 0 Å². The van der Waals surface area contributed by atoms with E-state index >= 15 is 0 Å². The molecule has 2 aliphatic rings. The molecule has 0 spiro atoms. The molecule has 0 atom stereocenters. The maximum atomic E-state index is 3.50. The van der Waals surface area contributed by atoms with Gasteiger partial charge in [-0.3, -0.25) is 4.90 Å². The second-order valence-corrected chi connectivity index (χ2v) is 6.27. The number of nitrogens with zero attached hydrogens (tertiary/aromatic N) is 1. The van der Waals surface area contributed by atoms with E-state index in [0.717, 1.165) is 12.5 Å². The summed E-state index contributed by atoms with van der Waals surface area (Å²) >= 11 is 0. The Kier molecular flexibility index (Phi) is 4.26. The Morgan fingerprint density at radius 2 is 1.94 bits per heavy atom. The minimum absolute atomic E-state index is 0.368. The lowest BCUT2D eigenvalue weighted by molar-refractivity contribution is 0.0812. The monoisotopic (exact) mass is 224 g/mol. The Hall–Kier alpha value is -0.0800. The van der Waals surface area contributed by atoms with Crippen LogP contribution in [0.5, 0.6) is 0 Å². The van der Waals surface area contributed by atoms with E-state index in [-0.39, 0.29) is 0 Å². The van der Waals surface area contributed by atoms with Crippen LogP contribution in [-0.2, 0) is 0 Å². The number of hydrogen-bond donors (Lipinski definition) is 1. The molecular weight excluding hydrogens is 196 g/mol. The predicted molar refractivity (Wildman–Crippen MR) is 69.7 cm³/mol. The molecule has 0 aromatic rings. The van der Waals surface area contributed by atoms with Crippen LogP contribution in [0.2, 0.25) is 0 Å². The summed E-state index contributed by atoms with van der Waals surface area (Å²) in [5.74, 6) is 1.03. The fourth-order valence-electron chi connectivity index (χ4n) is 3.25. The fraction of sp³-hybridized carbons (Fsp3) is 1.00. The highest BCUT2D eigenvalue weighted by Gasteiger charge is 2.29. The van der Waals surface area contributed by atoms with Gasteiger partial charge in [0, 0.05) is 25.2 Å². The Balaban J connectivity index is 1.75. The highest BCUT2D eigenvalue weighted by molar-refractivity contribution is 4.88. The molecule has 0 radical (unpaired) electrons. The van der Waals surface area contributed by atoms with Crippen LogP contribution in [0, 0.1) is 5.92 Å². The van der Waals surface area contributed by atoms with Crippen LogP contribution in [0.3, 0.4) is 0 Å². The van der Waals surface area contributed by atoms with E-state index in [1.807, 2.05) is 0 Å². The third-order valence-corrected chi connectivity index (χ3v) is 4.50. The van der Waals surface area contributed by atoms with Crippen LogP contribution >= 0.6 is 0 Å². The summed E-state index contributed by atoms with van der Waals surface area (Å²) in [7, 11) is 0. The lowest BCUT2D eigenvalue weighted by Gasteiger charge is -2.43. The lowest BCUT2D eigenvalue weighted by atomic mass is 9.86. The third kappa shape index (κ3) is 3.21. The summed E-state index contributed by atoms with van der Waals surface area (Å²) in [6, 6.07) is 0. The van der Waals surface area contributed by atoms with Crippen molar-refractivity contribution in [3.05, 3.63) is 0 Å². The van der Waals surface area contributed by atoms with Gasteiger partial charge >= 0.3 is 0 Å². The zero-order valence-corrected chi connectivity index (χ0v) is 11.1. The maximum absolute atomic E-state index is 3.50. The van der Waals surface area contributed by atoms with Gasteiger partial charge in [0.15, 0.2) is 0 Å². The number of nitrogens with one attached hydrogen (secondary N) is 1. The zero-order chi connectivity index (χ0) is 11.4. The smallest absolute Gasteiger partial charge is 0.0278 e. The van der Waals surface area contributed by atoms with Crippen molar-refractivity contribution in [3.63, 3.8) is 0 Å². The molecule has 0 bridgehead atoms. The molecule has 0 aromatic heterocycles. The Bertz CT molecular complexity index is 207.